The van der Waals surface area contributed by atoms with E-state index in [-0.39, 0.29) is 12.6 Å². The van der Waals surface area contributed by atoms with Crippen LogP contribution in [0.3, 0.4) is 0 Å². The molecule has 22 heavy (non-hydrogen) atoms. The number of carbonyl (C=O) groups excluding carboxylic acids is 1. The Morgan fingerprint density at radius 2 is 1.82 bits per heavy atom. The van der Waals surface area contributed by atoms with Crippen LogP contribution in [0.4, 0.5) is 5.69 Å². The van der Waals surface area contributed by atoms with E-state index < -0.39 is 0 Å². The van der Waals surface area contributed by atoms with E-state index in [0.717, 1.165) is 12.2 Å². The van der Waals surface area contributed by atoms with Crippen LogP contribution >= 0.6 is 0 Å². The van der Waals surface area contributed by atoms with Crippen LogP contribution in [0, 0.1) is 6.92 Å². The minimum absolute atomic E-state index is 0.262. The highest BCUT2D eigenvalue weighted by Gasteiger charge is 2.04. The third-order valence-corrected chi connectivity index (χ3v) is 3.06. The van der Waals surface area contributed by atoms with Gasteiger partial charge in [-0.05, 0) is 36.8 Å². The number of rotatable bonds is 8. The molecule has 0 atom stereocenters. The lowest BCUT2D eigenvalue weighted by molar-refractivity contribution is 0.0331. The van der Waals surface area contributed by atoms with Crippen LogP contribution in [0.2, 0.25) is 0 Å². The summed E-state index contributed by atoms with van der Waals surface area (Å²) in [6, 6.07) is 17.1. The van der Waals surface area contributed by atoms with E-state index in [4.69, 9.17) is 9.47 Å². The van der Waals surface area contributed by atoms with E-state index in [1.807, 2.05) is 30.3 Å². The molecule has 0 fully saturated rings. The van der Waals surface area contributed by atoms with Gasteiger partial charge in [-0.2, -0.15) is 0 Å². The maximum Gasteiger partial charge on any atom is 0.338 e. The van der Waals surface area contributed by atoms with Gasteiger partial charge < -0.3 is 14.8 Å². The van der Waals surface area contributed by atoms with Crippen molar-refractivity contribution in [3.8, 4) is 0 Å². The van der Waals surface area contributed by atoms with Gasteiger partial charge in [-0.3, -0.25) is 0 Å². The van der Waals surface area contributed by atoms with Crippen LogP contribution in [0.1, 0.15) is 15.9 Å². The molecule has 2 aromatic rings. The fraction of sp³-hybridized carbons (Fsp3) is 0.278. The molecule has 0 radical (unpaired) electrons. The number of anilines is 1. The predicted octanol–water partition coefficient (Wildman–Crippen LogP) is 3.28. The van der Waals surface area contributed by atoms with E-state index in [2.05, 4.69) is 24.4 Å². The smallest absolute Gasteiger partial charge is 0.338 e. The van der Waals surface area contributed by atoms with E-state index >= 15 is 0 Å². The summed E-state index contributed by atoms with van der Waals surface area (Å²) < 4.78 is 10.6. The van der Waals surface area contributed by atoms with Crippen molar-refractivity contribution in [3.05, 3.63) is 65.7 Å². The maximum atomic E-state index is 11.7. The second-order valence-electron chi connectivity index (χ2n) is 4.91. The molecule has 0 amide bonds. The van der Waals surface area contributed by atoms with Crippen LogP contribution in [0.5, 0.6) is 0 Å². The molecule has 0 bridgehead atoms. The second-order valence-corrected chi connectivity index (χ2v) is 4.91. The van der Waals surface area contributed by atoms with Crippen LogP contribution in [0.15, 0.2) is 54.6 Å². The van der Waals surface area contributed by atoms with Crippen molar-refractivity contribution in [1.82, 2.24) is 0 Å². The van der Waals surface area contributed by atoms with Crippen LogP contribution in [-0.4, -0.2) is 32.3 Å². The Kier molecular flexibility index (Phi) is 6.45. The zero-order valence-electron chi connectivity index (χ0n) is 12.7. The monoisotopic (exact) mass is 299 g/mol. The average Bonchev–Trinajstić information content (AvgIpc) is 2.54. The number of hydrogen-bond acceptors (Lipinski definition) is 4. The maximum absolute atomic E-state index is 11.7. The fourth-order valence-corrected chi connectivity index (χ4v) is 1.98. The van der Waals surface area contributed by atoms with Crippen LogP contribution in [-0.2, 0) is 9.47 Å². The van der Waals surface area contributed by atoms with Crippen LogP contribution < -0.4 is 5.32 Å². The SMILES string of the molecule is Cc1cccc(NCCOCCOC(=O)c2ccccc2)c1. The summed E-state index contributed by atoms with van der Waals surface area (Å²) in [5.74, 6) is -0.318. The molecule has 0 saturated heterocycles. The minimum Gasteiger partial charge on any atom is -0.460 e. The van der Waals surface area contributed by atoms with Gasteiger partial charge in [0.1, 0.15) is 6.61 Å². The lowest BCUT2D eigenvalue weighted by atomic mass is 10.2. The molecule has 116 valence electrons. The van der Waals surface area contributed by atoms with Gasteiger partial charge in [0.25, 0.3) is 0 Å². The number of aryl methyl sites for hydroxylation is 1. The van der Waals surface area contributed by atoms with Gasteiger partial charge in [-0.25, -0.2) is 4.79 Å². The van der Waals surface area contributed by atoms with Crippen LogP contribution in [0.25, 0.3) is 0 Å². The highest BCUT2D eigenvalue weighted by molar-refractivity contribution is 5.89. The fourth-order valence-electron chi connectivity index (χ4n) is 1.98. The van der Waals surface area contributed by atoms with Crippen molar-refractivity contribution in [2.45, 2.75) is 6.92 Å². The van der Waals surface area contributed by atoms with Gasteiger partial charge in [0.2, 0.25) is 0 Å². The quantitative estimate of drug-likeness (QED) is 0.600. The Labute approximate surface area is 131 Å². The number of hydrogen-bond donors (Lipinski definition) is 1. The van der Waals surface area contributed by atoms with Gasteiger partial charge in [0.15, 0.2) is 0 Å². The molecule has 0 unspecified atom stereocenters. The Hall–Kier alpha value is -2.33. The molecular weight excluding hydrogens is 278 g/mol. The van der Waals surface area contributed by atoms with Crippen molar-refractivity contribution < 1.29 is 14.3 Å². The van der Waals surface area contributed by atoms with Crippen molar-refractivity contribution in [3.63, 3.8) is 0 Å². The topological polar surface area (TPSA) is 47.6 Å². The molecule has 2 aromatic carbocycles. The van der Waals surface area contributed by atoms with Crippen molar-refractivity contribution in [2.24, 2.45) is 0 Å². The zero-order valence-corrected chi connectivity index (χ0v) is 12.7. The Morgan fingerprint density at radius 1 is 1.00 bits per heavy atom. The average molecular weight is 299 g/mol. The molecule has 4 nitrogen and oxygen atoms in total. The normalized spacial score (nSPS) is 10.2. The third-order valence-electron chi connectivity index (χ3n) is 3.06. The number of ether oxygens (including phenoxy) is 2. The molecule has 2 rings (SSSR count). The third kappa shape index (κ3) is 5.58. The molecule has 0 heterocycles. The minimum atomic E-state index is -0.318. The number of benzene rings is 2. The molecule has 0 aliphatic carbocycles. The van der Waals surface area contributed by atoms with Gasteiger partial charge in [-0.1, -0.05) is 30.3 Å². The molecule has 1 N–H and O–H groups in total. The van der Waals surface area contributed by atoms with E-state index in [1.54, 1.807) is 12.1 Å². The number of esters is 1. The first-order chi connectivity index (χ1) is 10.8. The largest absolute Gasteiger partial charge is 0.460 e. The summed E-state index contributed by atoms with van der Waals surface area (Å²) in [5.41, 5.74) is 2.86. The van der Waals surface area contributed by atoms with Gasteiger partial charge in [-0.15, -0.1) is 0 Å². The summed E-state index contributed by atoms with van der Waals surface area (Å²) in [4.78, 5) is 11.7. The number of carbonyl (C=O) groups is 1. The van der Waals surface area contributed by atoms with Crippen molar-refractivity contribution in [2.75, 3.05) is 31.7 Å². The Bertz CT molecular complexity index is 584. The summed E-state index contributed by atoms with van der Waals surface area (Å²) in [5, 5.41) is 3.28. The summed E-state index contributed by atoms with van der Waals surface area (Å²) in [6.07, 6.45) is 0. The summed E-state index contributed by atoms with van der Waals surface area (Å²) in [6.45, 7) is 4.00. The van der Waals surface area contributed by atoms with Gasteiger partial charge in [0.05, 0.1) is 18.8 Å². The highest BCUT2D eigenvalue weighted by atomic mass is 16.6. The van der Waals surface area contributed by atoms with E-state index in [0.29, 0.717) is 18.8 Å². The van der Waals surface area contributed by atoms with E-state index in [1.165, 1.54) is 5.56 Å². The number of nitrogens with one attached hydrogen (secondary N) is 1. The molecular formula is C18H21NO3. The lowest BCUT2D eigenvalue weighted by Gasteiger charge is -2.08. The van der Waals surface area contributed by atoms with Crippen molar-refractivity contribution >= 4 is 11.7 Å². The molecule has 4 heteroatoms. The molecule has 0 spiro atoms. The molecule has 0 aliphatic rings. The Morgan fingerprint density at radius 3 is 2.59 bits per heavy atom. The highest BCUT2D eigenvalue weighted by Crippen LogP contribution is 2.08. The molecule has 0 aromatic heterocycles. The first-order valence-electron chi connectivity index (χ1n) is 7.36. The second kappa shape index (κ2) is 8.85. The lowest BCUT2D eigenvalue weighted by Crippen LogP contribution is -2.14. The standard InChI is InChI=1S/C18H21NO3/c1-15-6-5-9-17(14-15)19-10-11-21-12-13-22-18(20)16-7-3-2-4-8-16/h2-9,14,19H,10-13H2,1H3. The summed E-state index contributed by atoms with van der Waals surface area (Å²) >= 11 is 0. The van der Waals surface area contributed by atoms with Crippen molar-refractivity contribution in [1.29, 1.82) is 0 Å². The van der Waals surface area contributed by atoms with Gasteiger partial charge in [0, 0.05) is 12.2 Å². The molecule has 0 saturated carbocycles. The summed E-state index contributed by atoms with van der Waals surface area (Å²) in [7, 11) is 0. The van der Waals surface area contributed by atoms with E-state index in [9.17, 15) is 4.79 Å². The first kappa shape index (κ1) is 16.0. The molecule has 0 aliphatic heterocycles. The predicted molar refractivity (Wildman–Crippen MR) is 87.2 cm³/mol. The first-order valence-corrected chi connectivity index (χ1v) is 7.36. The zero-order chi connectivity index (χ0) is 15.6. The Balaban J connectivity index is 1.54. The van der Waals surface area contributed by atoms with Gasteiger partial charge >= 0.3 is 5.97 Å².